The second-order valence-corrected chi connectivity index (χ2v) is 8.24. The number of benzene rings is 2. The molecule has 156 valence electrons. The smallest absolute Gasteiger partial charge is 0.264 e. The molecule has 0 radical (unpaired) electrons. The number of hydrogen-bond donors (Lipinski definition) is 2. The average Bonchev–Trinajstić information content (AvgIpc) is 2.75. The molecule has 2 aromatic rings. The molecule has 0 unspecified atom stereocenters. The predicted octanol–water partition coefficient (Wildman–Crippen LogP) is 2.20. The molecular weight excluding hydrogens is 426 g/mol. The topological polar surface area (TPSA) is 95.6 Å². The molecule has 9 heteroatoms. The molecule has 0 spiro atoms. The number of anilines is 1. The number of sulfonamides is 1. The Morgan fingerprint density at radius 3 is 2.57 bits per heavy atom. The van der Waals surface area contributed by atoms with Gasteiger partial charge < -0.3 is 10.6 Å². The lowest BCUT2D eigenvalue weighted by molar-refractivity contribution is -0.119. The summed E-state index contributed by atoms with van der Waals surface area (Å²) in [5, 5.41) is 5.09. The van der Waals surface area contributed by atoms with Crippen molar-refractivity contribution in [2.45, 2.75) is 4.90 Å². The highest BCUT2D eigenvalue weighted by Crippen LogP contribution is 2.30. The van der Waals surface area contributed by atoms with Crippen molar-refractivity contribution in [3.05, 3.63) is 71.8 Å². The maximum absolute atomic E-state index is 13.2. The number of halogens is 1. The van der Waals surface area contributed by atoms with Gasteiger partial charge in [0.2, 0.25) is 5.91 Å². The first-order valence-corrected chi connectivity index (χ1v) is 10.6. The van der Waals surface area contributed by atoms with Crippen LogP contribution in [-0.2, 0) is 14.8 Å². The van der Waals surface area contributed by atoms with E-state index in [1.165, 1.54) is 30.3 Å². The molecule has 7 nitrogen and oxygen atoms in total. The molecule has 0 aliphatic rings. The van der Waals surface area contributed by atoms with E-state index in [9.17, 15) is 18.0 Å². The largest absolute Gasteiger partial charge is 0.344 e. The molecule has 2 N–H and O–H groups in total. The van der Waals surface area contributed by atoms with Crippen molar-refractivity contribution in [3.63, 3.8) is 0 Å². The van der Waals surface area contributed by atoms with E-state index in [2.05, 4.69) is 23.1 Å². The molecular formula is C21H20ClN3O4S. The van der Waals surface area contributed by atoms with Crippen molar-refractivity contribution in [3.8, 4) is 12.3 Å². The van der Waals surface area contributed by atoms with Crippen LogP contribution in [0.25, 0.3) is 0 Å². The normalized spacial score (nSPS) is 10.5. The number of terminal acetylenes is 1. The van der Waals surface area contributed by atoms with Gasteiger partial charge in [-0.1, -0.05) is 41.8 Å². The lowest BCUT2D eigenvalue weighted by Crippen LogP contribution is -2.37. The van der Waals surface area contributed by atoms with Crippen LogP contribution in [0.4, 0.5) is 5.69 Å². The standard InChI is InChI=1S/C21H20ClN3O4S/c1-3-12-23-20(26)15-24-21(27)16-8-7-9-17(14-16)30(28,29)25(13-4-2)19-11-6-5-10-18(19)22/h1,4-11,14H,2,12-13,15H2,(H,23,26)(H,24,27). The van der Waals surface area contributed by atoms with E-state index < -0.39 is 21.8 Å². The first-order valence-electron chi connectivity index (χ1n) is 8.78. The number of nitrogens with zero attached hydrogens (tertiary/aromatic N) is 1. The minimum absolute atomic E-state index is 0.0160. The van der Waals surface area contributed by atoms with Crippen LogP contribution in [0.5, 0.6) is 0 Å². The first kappa shape index (κ1) is 23.0. The van der Waals surface area contributed by atoms with E-state index >= 15 is 0 Å². The summed E-state index contributed by atoms with van der Waals surface area (Å²) in [6.07, 6.45) is 6.49. The van der Waals surface area contributed by atoms with E-state index in [0.717, 1.165) is 4.31 Å². The Bertz CT molecular complexity index is 1090. The van der Waals surface area contributed by atoms with Crippen molar-refractivity contribution in [2.75, 3.05) is 23.9 Å². The summed E-state index contributed by atoms with van der Waals surface area (Å²) in [5.74, 6) is 1.19. The second kappa shape index (κ2) is 10.5. The van der Waals surface area contributed by atoms with Gasteiger partial charge in [-0.3, -0.25) is 13.9 Å². The molecule has 2 aromatic carbocycles. The number of hydrogen-bond acceptors (Lipinski definition) is 4. The zero-order chi connectivity index (χ0) is 22.1. The SMILES string of the molecule is C#CCNC(=O)CNC(=O)c1cccc(S(=O)(=O)N(CC=C)c2ccccc2Cl)c1. The Kier molecular flexibility index (Phi) is 8.04. The lowest BCUT2D eigenvalue weighted by atomic mass is 10.2. The monoisotopic (exact) mass is 445 g/mol. The molecule has 0 atom stereocenters. The molecule has 0 fully saturated rings. The Hall–Kier alpha value is -3.28. The zero-order valence-corrected chi connectivity index (χ0v) is 17.5. The van der Waals surface area contributed by atoms with E-state index in [-0.39, 0.29) is 35.1 Å². The number of carbonyl (C=O) groups is 2. The number of rotatable bonds is 9. The first-order chi connectivity index (χ1) is 14.3. The molecule has 0 heterocycles. The van der Waals surface area contributed by atoms with Crippen LogP contribution in [-0.4, -0.2) is 39.9 Å². The van der Waals surface area contributed by atoms with Gasteiger partial charge in [-0.2, -0.15) is 0 Å². The summed E-state index contributed by atoms with van der Waals surface area (Å²) >= 11 is 6.18. The van der Waals surface area contributed by atoms with Crippen molar-refractivity contribution in [2.24, 2.45) is 0 Å². The van der Waals surface area contributed by atoms with Crippen LogP contribution in [0.15, 0.2) is 66.1 Å². The Morgan fingerprint density at radius 1 is 1.17 bits per heavy atom. The van der Waals surface area contributed by atoms with Gasteiger partial charge in [-0.15, -0.1) is 13.0 Å². The Labute approximate surface area is 180 Å². The maximum Gasteiger partial charge on any atom is 0.264 e. The van der Waals surface area contributed by atoms with Crippen molar-refractivity contribution in [1.82, 2.24) is 10.6 Å². The van der Waals surface area contributed by atoms with Crippen LogP contribution in [0.2, 0.25) is 5.02 Å². The fourth-order valence-electron chi connectivity index (χ4n) is 2.50. The van der Waals surface area contributed by atoms with E-state index in [4.69, 9.17) is 18.0 Å². The van der Waals surface area contributed by atoms with Crippen molar-refractivity contribution >= 4 is 39.1 Å². The number of para-hydroxylation sites is 1. The molecule has 0 aliphatic heterocycles. The summed E-state index contributed by atoms with van der Waals surface area (Å²) in [6.45, 7) is 3.34. The maximum atomic E-state index is 13.2. The molecule has 30 heavy (non-hydrogen) atoms. The van der Waals surface area contributed by atoms with Gasteiger partial charge in [-0.05, 0) is 30.3 Å². The quantitative estimate of drug-likeness (QED) is 0.457. The average molecular weight is 446 g/mol. The molecule has 0 saturated carbocycles. The van der Waals surface area contributed by atoms with Crippen molar-refractivity contribution in [1.29, 1.82) is 0 Å². The summed E-state index contributed by atoms with van der Waals surface area (Å²) < 4.78 is 27.6. The highest BCUT2D eigenvalue weighted by atomic mass is 35.5. The summed E-state index contributed by atoms with van der Waals surface area (Å²) in [4.78, 5) is 23.8. The van der Waals surface area contributed by atoms with Gasteiger partial charge in [0.05, 0.1) is 35.2 Å². The third-order valence-electron chi connectivity index (χ3n) is 3.90. The number of nitrogens with one attached hydrogen (secondary N) is 2. The summed E-state index contributed by atoms with van der Waals surface area (Å²) in [5.41, 5.74) is 0.373. The number of amides is 2. The third-order valence-corrected chi connectivity index (χ3v) is 5.99. The minimum atomic E-state index is -4.04. The summed E-state index contributed by atoms with van der Waals surface area (Å²) in [7, 11) is -4.04. The fraction of sp³-hybridized carbons (Fsp3) is 0.143. The van der Waals surface area contributed by atoms with Gasteiger partial charge >= 0.3 is 0 Å². The van der Waals surface area contributed by atoms with Crippen LogP contribution in [0, 0.1) is 12.3 Å². The fourth-order valence-corrected chi connectivity index (χ4v) is 4.29. The third kappa shape index (κ3) is 5.63. The lowest BCUT2D eigenvalue weighted by Gasteiger charge is -2.24. The Balaban J connectivity index is 2.29. The zero-order valence-electron chi connectivity index (χ0n) is 16.0. The van der Waals surface area contributed by atoms with Crippen LogP contribution >= 0.6 is 11.6 Å². The summed E-state index contributed by atoms with van der Waals surface area (Å²) in [6, 6.07) is 12.0. The highest BCUT2D eigenvalue weighted by molar-refractivity contribution is 7.92. The molecule has 2 rings (SSSR count). The predicted molar refractivity (Wildman–Crippen MR) is 117 cm³/mol. The molecule has 0 aromatic heterocycles. The van der Waals surface area contributed by atoms with Gasteiger partial charge in [0.1, 0.15) is 0 Å². The minimum Gasteiger partial charge on any atom is -0.344 e. The van der Waals surface area contributed by atoms with E-state index in [1.54, 1.807) is 24.3 Å². The Morgan fingerprint density at radius 2 is 1.90 bits per heavy atom. The molecule has 0 aliphatic carbocycles. The van der Waals surface area contributed by atoms with Gasteiger partial charge in [-0.25, -0.2) is 8.42 Å². The molecule has 0 bridgehead atoms. The van der Waals surface area contributed by atoms with Crippen LogP contribution < -0.4 is 14.9 Å². The van der Waals surface area contributed by atoms with Crippen LogP contribution in [0.3, 0.4) is 0 Å². The van der Waals surface area contributed by atoms with Gasteiger partial charge in [0.25, 0.3) is 15.9 Å². The van der Waals surface area contributed by atoms with E-state index in [0.29, 0.717) is 5.69 Å². The highest BCUT2D eigenvalue weighted by Gasteiger charge is 2.26. The van der Waals surface area contributed by atoms with Crippen molar-refractivity contribution < 1.29 is 18.0 Å². The van der Waals surface area contributed by atoms with Crippen LogP contribution in [0.1, 0.15) is 10.4 Å². The van der Waals surface area contributed by atoms with Gasteiger partial charge in [0, 0.05) is 5.56 Å². The number of carbonyl (C=O) groups excluding carboxylic acids is 2. The molecule has 2 amide bonds. The second-order valence-electron chi connectivity index (χ2n) is 5.97. The molecule has 0 saturated heterocycles. The van der Waals surface area contributed by atoms with Gasteiger partial charge in [0.15, 0.2) is 0 Å². The van der Waals surface area contributed by atoms with E-state index in [1.807, 2.05) is 0 Å².